The first-order valence-electron chi connectivity index (χ1n) is 7.43. The standard InChI is InChI=1S/C17H23Br3O2/c1-6-17(4,5)9-12(10(2)3)16(21)22-15-13(19)7-11(18)8-14(15)20/h7-8,10,12H,6,9H2,1-5H3. The van der Waals surface area contributed by atoms with Gasteiger partial charge in [-0.2, -0.15) is 0 Å². The van der Waals surface area contributed by atoms with E-state index in [9.17, 15) is 4.79 Å². The van der Waals surface area contributed by atoms with Gasteiger partial charge in [0, 0.05) is 4.47 Å². The number of ether oxygens (including phenoxy) is 1. The van der Waals surface area contributed by atoms with E-state index in [2.05, 4.69) is 82.4 Å². The Labute approximate surface area is 158 Å². The molecule has 0 saturated carbocycles. The maximum absolute atomic E-state index is 12.7. The number of rotatable bonds is 6. The molecule has 1 aromatic rings. The Morgan fingerprint density at radius 2 is 1.68 bits per heavy atom. The van der Waals surface area contributed by atoms with Gasteiger partial charge in [0.2, 0.25) is 0 Å². The van der Waals surface area contributed by atoms with Gasteiger partial charge in [-0.3, -0.25) is 4.79 Å². The van der Waals surface area contributed by atoms with Crippen LogP contribution >= 0.6 is 47.8 Å². The average Bonchev–Trinajstić information content (AvgIpc) is 2.39. The molecule has 0 aliphatic rings. The summed E-state index contributed by atoms with van der Waals surface area (Å²) < 4.78 is 8.11. The van der Waals surface area contributed by atoms with Crippen molar-refractivity contribution in [1.29, 1.82) is 0 Å². The van der Waals surface area contributed by atoms with E-state index in [1.807, 2.05) is 12.1 Å². The van der Waals surface area contributed by atoms with Crippen LogP contribution in [-0.4, -0.2) is 5.97 Å². The van der Waals surface area contributed by atoms with Crippen LogP contribution in [0.5, 0.6) is 5.75 Å². The molecule has 0 aliphatic carbocycles. The maximum atomic E-state index is 12.7. The van der Waals surface area contributed by atoms with E-state index in [1.165, 1.54) is 0 Å². The lowest BCUT2D eigenvalue weighted by molar-refractivity contribution is -0.141. The van der Waals surface area contributed by atoms with Crippen molar-refractivity contribution >= 4 is 53.8 Å². The summed E-state index contributed by atoms with van der Waals surface area (Å²) in [6.45, 7) is 10.7. The second-order valence-electron chi connectivity index (χ2n) is 6.69. The van der Waals surface area contributed by atoms with E-state index < -0.39 is 0 Å². The van der Waals surface area contributed by atoms with Crippen LogP contribution in [0.1, 0.15) is 47.5 Å². The van der Waals surface area contributed by atoms with Crippen LogP contribution in [0.2, 0.25) is 0 Å². The number of hydrogen-bond donors (Lipinski definition) is 0. The summed E-state index contributed by atoms with van der Waals surface area (Å²) in [6.07, 6.45) is 1.86. The maximum Gasteiger partial charge on any atom is 0.314 e. The minimum atomic E-state index is -0.166. The number of hydrogen-bond acceptors (Lipinski definition) is 2. The van der Waals surface area contributed by atoms with Crippen LogP contribution in [0.4, 0.5) is 0 Å². The zero-order chi connectivity index (χ0) is 17.1. The van der Waals surface area contributed by atoms with Crippen LogP contribution in [0.3, 0.4) is 0 Å². The molecule has 1 atom stereocenters. The molecule has 1 unspecified atom stereocenters. The van der Waals surface area contributed by atoms with Gasteiger partial charge >= 0.3 is 5.97 Å². The molecule has 0 aromatic heterocycles. The van der Waals surface area contributed by atoms with Gasteiger partial charge in [-0.1, -0.05) is 57.0 Å². The number of benzene rings is 1. The SMILES string of the molecule is CCC(C)(C)CC(C(=O)Oc1c(Br)cc(Br)cc1Br)C(C)C. The Balaban J connectivity index is 2.98. The summed E-state index contributed by atoms with van der Waals surface area (Å²) in [5.41, 5.74) is 0.127. The van der Waals surface area contributed by atoms with Crippen molar-refractivity contribution in [3.8, 4) is 5.75 Å². The Bertz CT molecular complexity index is 516. The van der Waals surface area contributed by atoms with Crippen LogP contribution in [0, 0.1) is 17.3 Å². The average molecular weight is 499 g/mol. The quantitative estimate of drug-likeness (QED) is 0.312. The zero-order valence-corrected chi connectivity index (χ0v) is 18.4. The van der Waals surface area contributed by atoms with Crippen LogP contribution in [-0.2, 0) is 4.79 Å². The van der Waals surface area contributed by atoms with Gasteiger partial charge in [0.05, 0.1) is 14.9 Å². The molecular weight excluding hydrogens is 476 g/mol. The molecule has 0 bridgehead atoms. The summed E-state index contributed by atoms with van der Waals surface area (Å²) in [5.74, 6) is 0.497. The first kappa shape index (κ1) is 20.2. The molecule has 0 N–H and O–H groups in total. The molecule has 22 heavy (non-hydrogen) atoms. The second-order valence-corrected chi connectivity index (χ2v) is 9.32. The monoisotopic (exact) mass is 496 g/mol. The fourth-order valence-corrected chi connectivity index (χ4v) is 4.55. The lowest BCUT2D eigenvalue weighted by atomic mass is 9.77. The molecule has 5 heteroatoms. The Morgan fingerprint density at radius 1 is 1.18 bits per heavy atom. The van der Waals surface area contributed by atoms with Crippen molar-refractivity contribution in [3.63, 3.8) is 0 Å². The van der Waals surface area contributed by atoms with Crippen molar-refractivity contribution in [2.45, 2.75) is 47.5 Å². The second kappa shape index (κ2) is 8.29. The summed E-state index contributed by atoms with van der Waals surface area (Å²) >= 11 is 10.3. The molecule has 0 spiro atoms. The van der Waals surface area contributed by atoms with Gasteiger partial charge in [-0.05, 0) is 61.7 Å². The van der Waals surface area contributed by atoms with Crippen molar-refractivity contribution in [2.24, 2.45) is 17.3 Å². The van der Waals surface area contributed by atoms with Crippen molar-refractivity contribution < 1.29 is 9.53 Å². The fraction of sp³-hybridized carbons (Fsp3) is 0.588. The van der Waals surface area contributed by atoms with Gasteiger partial charge in [0.1, 0.15) is 0 Å². The van der Waals surface area contributed by atoms with E-state index in [4.69, 9.17) is 4.74 Å². The fourth-order valence-electron chi connectivity index (χ4n) is 2.13. The van der Waals surface area contributed by atoms with Gasteiger partial charge in [0.25, 0.3) is 0 Å². The third kappa shape index (κ3) is 5.64. The Kier molecular flexibility index (Phi) is 7.61. The van der Waals surface area contributed by atoms with Gasteiger partial charge in [-0.25, -0.2) is 0 Å². The summed E-state index contributed by atoms with van der Waals surface area (Å²) in [7, 11) is 0. The number of halogens is 3. The predicted octanol–water partition coefficient (Wildman–Crippen LogP) is 6.98. The van der Waals surface area contributed by atoms with Crippen LogP contribution < -0.4 is 4.74 Å². The molecule has 1 rings (SSSR count). The van der Waals surface area contributed by atoms with E-state index in [-0.39, 0.29) is 23.2 Å². The zero-order valence-electron chi connectivity index (χ0n) is 13.7. The van der Waals surface area contributed by atoms with Crippen LogP contribution in [0.25, 0.3) is 0 Å². The first-order valence-corrected chi connectivity index (χ1v) is 9.81. The lowest BCUT2D eigenvalue weighted by Gasteiger charge is -2.29. The molecule has 0 amide bonds. The normalized spacial score (nSPS) is 13.3. The molecule has 0 aliphatic heterocycles. The van der Waals surface area contributed by atoms with Crippen molar-refractivity contribution in [1.82, 2.24) is 0 Å². The van der Waals surface area contributed by atoms with Crippen LogP contribution in [0.15, 0.2) is 25.6 Å². The van der Waals surface area contributed by atoms with E-state index >= 15 is 0 Å². The molecule has 0 radical (unpaired) electrons. The molecule has 0 saturated heterocycles. The largest absolute Gasteiger partial charge is 0.424 e. The van der Waals surface area contributed by atoms with Crippen molar-refractivity contribution in [3.05, 3.63) is 25.6 Å². The van der Waals surface area contributed by atoms with Crippen molar-refractivity contribution in [2.75, 3.05) is 0 Å². The topological polar surface area (TPSA) is 26.3 Å². The third-order valence-corrected chi connectivity index (χ3v) is 5.64. The predicted molar refractivity (Wildman–Crippen MR) is 102 cm³/mol. The summed E-state index contributed by atoms with van der Waals surface area (Å²) in [4.78, 5) is 12.7. The smallest absolute Gasteiger partial charge is 0.314 e. The van der Waals surface area contributed by atoms with Gasteiger partial charge < -0.3 is 4.74 Å². The molecule has 1 aromatic carbocycles. The van der Waals surface area contributed by atoms with Gasteiger partial charge in [-0.15, -0.1) is 0 Å². The third-order valence-electron chi connectivity index (χ3n) is 4.00. The van der Waals surface area contributed by atoms with E-state index in [0.717, 1.165) is 26.3 Å². The molecule has 0 fully saturated rings. The molecule has 0 heterocycles. The minimum Gasteiger partial charge on any atom is -0.424 e. The number of esters is 1. The van der Waals surface area contributed by atoms with E-state index in [1.54, 1.807) is 0 Å². The first-order chi connectivity index (χ1) is 10.1. The number of carbonyl (C=O) groups is 1. The summed E-state index contributed by atoms with van der Waals surface area (Å²) in [5, 5.41) is 0. The van der Waals surface area contributed by atoms with E-state index in [0.29, 0.717) is 5.75 Å². The minimum absolute atomic E-state index is 0.114. The molecular formula is C17H23Br3O2. The Hall–Kier alpha value is 0.130. The highest BCUT2D eigenvalue weighted by Crippen LogP contribution is 2.38. The number of carbonyl (C=O) groups excluding carboxylic acids is 1. The highest BCUT2D eigenvalue weighted by Gasteiger charge is 2.31. The van der Waals surface area contributed by atoms with Gasteiger partial charge in [0.15, 0.2) is 5.75 Å². The molecule has 124 valence electrons. The summed E-state index contributed by atoms with van der Waals surface area (Å²) in [6, 6.07) is 3.74. The highest BCUT2D eigenvalue weighted by molar-refractivity contribution is 9.11. The lowest BCUT2D eigenvalue weighted by Crippen LogP contribution is -2.30. The molecule has 2 nitrogen and oxygen atoms in total. The highest BCUT2D eigenvalue weighted by atomic mass is 79.9. The Morgan fingerprint density at radius 3 is 2.09 bits per heavy atom.